The third-order valence-electron chi connectivity index (χ3n) is 3.48. The van der Waals surface area contributed by atoms with E-state index in [0.29, 0.717) is 6.54 Å². The van der Waals surface area contributed by atoms with Gasteiger partial charge in [0.1, 0.15) is 0 Å². The molecule has 1 saturated heterocycles. The zero-order valence-corrected chi connectivity index (χ0v) is 11.1. The van der Waals surface area contributed by atoms with Crippen molar-refractivity contribution in [1.29, 1.82) is 5.26 Å². The van der Waals surface area contributed by atoms with Gasteiger partial charge in [0.25, 0.3) is 0 Å². The molecule has 0 atom stereocenters. The van der Waals surface area contributed by atoms with Crippen LogP contribution in [0.1, 0.15) is 19.4 Å². The van der Waals surface area contributed by atoms with Crippen molar-refractivity contribution in [1.82, 2.24) is 10.3 Å². The summed E-state index contributed by atoms with van der Waals surface area (Å²) in [7, 11) is 0. The predicted molar refractivity (Wildman–Crippen MR) is 69.1 cm³/mol. The molecule has 1 N–H and O–H groups in total. The molecule has 1 aromatic heterocycles. The molecule has 1 aromatic rings. The van der Waals surface area contributed by atoms with Crippen LogP contribution >= 0.6 is 0 Å². The van der Waals surface area contributed by atoms with Gasteiger partial charge in [-0.2, -0.15) is 5.26 Å². The maximum Gasteiger partial charge on any atom is 0.245 e. The third kappa shape index (κ3) is 2.59. The Bertz CT molecular complexity index is 501. The summed E-state index contributed by atoms with van der Waals surface area (Å²) in [6, 6.07) is 5.89. The molecule has 1 aliphatic heterocycles. The van der Waals surface area contributed by atoms with Gasteiger partial charge in [0.15, 0.2) is 5.41 Å². The lowest BCUT2D eigenvalue weighted by Crippen LogP contribution is -2.54. The molecule has 5 nitrogen and oxygen atoms in total. The van der Waals surface area contributed by atoms with E-state index in [1.54, 1.807) is 12.4 Å². The monoisotopic (exact) mass is 259 g/mol. The predicted octanol–water partition coefficient (Wildman–Crippen LogP) is 1.02. The number of hydrogen-bond donors (Lipinski definition) is 1. The van der Waals surface area contributed by atoms with Gasteiger partial charge in [-0.15, -0.1) is 0 Å². The summed E-state index contributed by atoms with van der Waals surface area (Å²) >= 11 is 0. The molecule has 0 saturated carbocycles. The molecule has 0 aliphatic carbocycles. The number of rotatable bonds is 4. The Morgan fingerprint density at radius 1 is 1.63 bits per heavy atom. The van der Waals surface area contributed by atoms with Crippen molar-refractivity contribution in [2.75, 3.05) is 19.8 Å². The fraction of sp³-hybridized carbons (Fsp3) is 0.500. The third-order valence-corrected chi connectivity index (χ3v) is 3.48. The number of pyridine rings is 1. The molecular formula is C14H17N3O2. The SMILES string of the molecule is CC(C)(CNC(=O)C1(C#N)COC1)c1cccnc1. The van der Waals surface area contributed by atoms with Crippen molar-refractivity contribution in [3.8, 4) is 6.07 Å². The van der Waals surface area contributed by atoms with Gasteiger partial charge in [0.05, 0.1) is 19.3 Å². The number of nitrogens with zero attached hydrogens (tertiary/aromatic N) is 2. The molecule has 19 heavy (non-hydrogen) atoms. The summed E-state index contributed by atoms with van der Waals surface area (Å²) in [6.07, 6.45) is 3.51. The average Bonchev–Trinajstić information content (AvgIpc) is 2.37. The molecule has 2 rings (SSSR count). The highest BCUT2D eigenvalue weighted by molar-refractivity contribution is 5.86. The molecule has 5 heteroatoms. The van der Waals surface area contributed by atoms with Crippen LogP contribution in [0.4, 0.5) is 0 Å². The Labute approximate surface area is 112 Å². The van der Waals surface area contributed by atoms with Crippen molar-refractivity contribution in [3.63, 3.8) is 0 Å². The summed E-state index contributed by atoms with van der Waals surface area (Å²) < 4.78 is 4.97. The molecule has 0 radical (unpaired) electrons. The van der Waals surface area contributed by atoms with Crippen LogP contribution in [-0.2, 0) is 14.9 Å². The Morgan fingerprint density at radius 3 is 2.84 bits per heavy atom. The minimum absolute atomic E-state index is 0.183. The van der Waals surface area contributed by atoms with E-state index in [9.17, 15) is 4.79 Å². The number of carbonyl (C=O) groups excluding carboxylic acids is 1. The topological polar surface area (TPSA) is 75.0 Å². The van der Waals surface area contributed by atoms with Crippen LogP contribution in [0, 0.1) is 16.7 Å². The van der Waals surface area contributed by atoms with Gasteiger partial charge in [-0.05, 0) is 11.6 Å². The van der Waals surface area contributed by atoms with Gasteiger partial charge in [-0.25, -0.2) is 0 Å². The van der Waals surface area contributed by atoms with E-state index in [4.69, 9.17) is 10.00 Å². The molecule has 1 fully saturated rings. The van der Waals surface area contributed by atoms with Gasteiger partial charge in [-0.3, -0.25) is 9.78 Å². The van der Waals surface area contributed by atoms with Crippen molar-refractivity contribution in [2.45, 2.75) is 19.3 Å². The van der Waals surface area contributed by atoms with Crippen LogP contribution in [0.2, 0.25) is 0 Å². The van der Waals surface area contributed by atoms with Crippen LogP contribution in [0.3, 0.4) is 0 Å². The molecule has 2 heterocycles. The molecule has 0 unspecified atom stereocenters. The number of nitriles is 1. The second kappa shape index (κ2) is 4.98. The maximum absolute atomic E-state index is 12.0. The molecule has 0 spiro atoms. The van der Waals surface area contributed by atoms with E-state index in [0.717, 1.165) is 5.56 Å². The highest BCUT2D eigenvalue weighted by Gasteiger charge is 2.46. The van der Waals surface area contributed by atoms with Gasteiger partial charge >= 0.3 is 0 Å². The van der Waals surface area contributed by atoms with E-state index in [2.05, 4.69) is 10.3 Å². The minimum atomic E-state index is -0.995. The maximum atomic E-state index is 12.0. The van der Waals surface area contributed by atoms with Gasteiger partial charge in [0, 0.05) is 24.4 Å². The first-order valence-corrected chi connectivity index (χ1v) is 6.18. The summed E-state index contributed by atoms with van der Waals surface area (Å²) in [5.41, 5.74) is -0.179. The van der Waals surface area contributed by atoms with Crippen LogP contribution in [0.5, 0.6) is 0 Å². The van der Waals surface area contributed by atoms with Crippen molar-refractivity contribution in [3.05, 3.63) is 30.1 Å². The Kier molecular flexibility index (Phi) is 3.54. The van der Waals surface area contributed by atoms with E-state index < -0.39 is 5.41 Å². The highest BCUT2D eigenvalue weighted by atomic mass is 16.5. The first-order valence-electron chi connectivity index (χ1n) is 6.18. The summed E-state index contributed by atoms with van der Waals surface area (Å²) in [6.45, 7) is 4.88. The molecule has 100 valence electrons. The highest BCUT2D eigenvalue weighted by Crippen LogP contribution is 2.27. The van der Waals surface area contributed by atoms with E-state index in [1.165, 1.54) is 0 Å². The summed E-state index contributed by atoms with van der Waals surface area (Å²) in [5.74, 6) is -0.252. The van der Waals surface area contributed by atoms with Crippen molar-refractivity contribution in [2.24, 2.45) is 5.41 Å². The number of nitrogens with one attached hydrogen (secondary N) is 1. The summed E-state index contributed by atoms with van der Waals surface area (Å²) in [4.78, 5) is 16.1. The molecular weight excluding hydrogens is 242 g/mol. The number of aromatic nitrogens is 1. The van der Waals surface area contributed by atoms with Crippen LogP contribution < -0.4 is 5.32 Å². The van der Waals surface area contributed by atoms with Crippen molar-refractivity contribution < 1.29 is 9.53 Å². The van der Waals surface area contributed by atoms with Crippen LogP contribution in [-0.4, -0.2) is 30.6 Å². The van der Waals surface area contributed by atoms with E-state index in [-0.39, 0.29) is 24.5 Å². The number of ether oxygens (including phenoxy) is 1. The molecule has 1 amide bonds. The lowest BCUT2D eigenvalue weighted by molar-refractivity contribution is -0.150. The smallest absolute Gasteiger partial charge is 0.245 e. The Morgan fingerprint density at radius 2 is 2.37 bits per heavy atom. The van der Waals surface area contributed by atoms with Gasteiger partial charge in [-0.1, -0.05) is 19.9 Å². The Hall–Kier alpha value is -1.93. The largest absolute Gasteiger partial charge is 0.377 e. The Balaban J connectivity index is 1.99. The quantitative estimate of drug-likeness (QED) is 0.875. The average molecular weight is 259 g/mol. The zero-order valence-electron chi connectivity index (χ0n) is 11.1. The zero-order chi connectivity index (χ0) is 13.9. The molecule has 0 aromatic carbocycles. The fourth-order valence-electron chi connectivity index (χ4n) is 1.89. The molecule has 1 aliphatic rings. The number of carbonyl (C=O) groups is 1. The van der Waals surface area contributed by atoms with E-state index >= 15 is 0 Å². The van der Waals surface area contributed by atoms with Gasteiger partial charge < -0.3 is 10.1 Å². The van der Waals surface area contributed by atoms with Crippen molar-refractivity contribution >= 4 is 5.91 Å². The first kappa shape index (κ1) is 13.5. The fourth-order valence-corrected chi connectivity index (χ4v) is 1.89. The van der Waals surface area contributed by atoms with Gasteiger partial charge in [0.2, 0.25) is 5.91 Å². The first-order chi connectivity index (χ1) is 9.00. The standard InChI is InChI=1S/C14H17N3O2/c1-13(2,11-4-3-5-16-6-11)8-17-12(18)14(7-15)9-19-10-14/h3-6H,8-10H2,1-2H3,(H,17,18). The second-order valence-corrected chi connectivity index (χ2v) is 5.49. The molecule has 0 bridgehead atoms. The normalized spacial score (nSPS) is 17.1. The number of amides is 1. The van der Waals surface area contributed by atoms with Crippen LogP contribution in [0.25, 0.3) is 0 Å². The minimum Gasteiger partial charge on any atom is -0.377 e. The lowest BCUT2D eigenvalue weighted by Gasteiger charge is -2.34. The second-order valence-electron chi connectivity index (χ2n) is 5.49. The van der Waals surface area contributed by atoms with Crippen LogP contribution in [0.15, 0.2) is 24.5 Å². The van der Waals surface area contributed by atoms with E-state index in [1.807, 2.05) is 32.0 Å². The number of hydrogen-bond acceptors (Lipinski definition) is 4. The summed E-state index contributed by atoms with van der Waals surface area (Å²) in [5, 5.41) is 11.9. The lowest BCUT2D eigenvalue weighted by atomic mass is 9.83.